The van der Waals surface area contributed by atoms with Crippen molar-refractivity contribution in [2.24, 2.45) is 0 Å². The summed E-state index contributed by atoms with van der Waals surface area (Å²) in [6, 6.07) is 3.29. The number of hydrogen-bond acceptors (Lipinski definition) is 6. The Bertz CT molecular complexity index is 465. The van der Waals surface area contributed by atoms with Gasteiger partial charge >= 0.3 is 5.97 Å². The Morgan fingerprint density at radius 1 is 1.33 bits per heavy atom. The normalized spacial score (nSPS) is 10.0. The molecule has 0 bridgehead atoms. The number of methoxy groups -OCH3 is 1. The number of anilines is 1. The molecule has 0 fully saturated rings. The third-order valence-electron chi connectivity index (χ3n) is 2.58. The highest BCUT2D eigenvalue weighted by Gasteiger charge is 2.13. The Kier molecular flexibility index (Phi) is 7.81. The molecule has 1 rings (SSSR count). The molecule has 1 aromatic rings. The summed E-state index contributed by atoms with van der Waals surface area (Å²) in [5.41, 5.74) is 0.360. The summed E-state index contributed by atoms with van der Waals surface area (Å²) in [7, 11) is 1.58. The van der Waals surface area contributed by atoms with Gasteiger partial charge in [0, 0.05) is 32.8 Å². The fourth-order valence-electron chi connectivity index (χ4n) is 1.60. The monoisotopic (exact) mass is 295 g/mol. The molecule has 0 aliphatic rings. The summed E-state index contributed by atoms with van der Waals surface area (Å²) in [5, 5.41) is 5.68. The van der Waals surface area contributed by atoms with E-state index in [1.165, 1.54) is 0 Å². The second-order valence-electron chi connectivity index (χ2n) is 4.14. The van der Waals surface area contributed by atoms with Crippen molar-refractivity contribution >= 4 is 17.7 Å². The minimum Gasteiger partial charge on any atom is -0.462 e. The molecule has 0 atom stereocenters. The van der Waals surface area contributed by atoms with Crippen molar-refractivity contribution in [3.63, 3.8) is 0 Å². The second kappa shape index (κ2) is 9.71. The van der Waals surface area contributed by atoms with Gasteiger partial charge in [-0.3, -0.25) is 4.79 Å². The number of rotatable bonds is 9. The van der Waals surface area contributed by atoms with Gasteiger partial charge < -0.3 is 20.1 Å². The van der Waals surface area contributed by atoms with E-state index < -0.39 is 5.97 Å². The van der Waals surface area contributed by atoms with Crippen LogP contribution in [0.1, 0.15) is 23.7 Å². The van der Waals surface area contributed by atoms with Gasteiger partial charge in [-0.25, -0.2) is 9.78 Å². The van der Waals surface area contributed by atoms with Crippen LogP contribution in [0.2, 0.25) is 0 Å². The fraction of sp³-hybridized carbons (Fsp3) is 0.500. The molecule has 7 nitrogen and oxygen atoms in total. The summed E-state index contributed by atoms with van der Waals surface area (Å²) in [5.74, 6) is -0.105. The van der Waals surface area contributed by atoms with Gasteiger partial charge in [0.1, 0.15) is 11.4 Å². The molecule has 0 aromatic carbocycles. The maximum absolute atomic E-state index is 11.7. The lowest BCUT2D eigenvalue weighted by atomic mass is 10.2. The quantitative estimate of drug-likeness (QED) is 0.518. The fourth-order valence-corrected chi connectivity index (χ4v) is 1.60. The number of nitrogens with zero attached hydrogens (tertiary/aromatic N) is 1. The van der Waals surface area contributed by atoms with Gasteiger partial charge in [0.05, 0.1) is 13.2 Å². The number of pyridine rings is 1. The predicted molar refractivity (Wildman–Crippen MR) is 78.2 cm³/mol. The molecule has 0 aliphatic carbocycles. The summed E-state index contributed by atoms with van der Waals surface area (Å²) < 4.78 is 9.79. The van der Waals surface area contributed by atoms with E-state index in [4.69, 9.17) is 9.47 Å². The van der Waals surface area contributed by atoms with Gasteiger partial charge in [-0.2, -0.15) is 0 Å². The lowest BCUT2D eigenvalue weighted by molar-refractivity contribution is -0.121. The van der Waals surface area contributed by atoms with E-state index in [9.17, 15) is 9.59 Å². The van der Waals surface area contributed by atoms with Crippen LogP contribution in [0.25, 0.3) is 0 Å². The van der Waals surface area contributed by atoms with E-state index in [2.05, 4.69) is 15.6 Å². The first-order chi connectivity index (χ1) is 10.2. The summed E-state index contributed by atoms with van der Waals surface area (Å²) >= 11 is 0. The zero-order valence-corrected chi connectivity index (χ0v) is 12.3. The largest absolute Gasteiger partial charge is 0.462 e. The van der Waals surface area contributed by atoms with Gasteiger partial charge in [-0.15, -0.1) is 0 Å². The van der Waals surface area contributed by atoms with Crippen LogP contribution in [-0.4, -0.2) is 50.3 Å². The van der Waals surface area contributed by atoms with E-state index in [0.717, 1.165) is 0 Å². The second-order valence-corrected chi connectivity index (χ2v) is 4.14. The van der Waals surface area contributed by atoms with Crippen molar-refractivity contribution in [3.05, 3.63) is 23.9 Å². The van der Waals surface area contributed by atoms with Crippen molar-refractivity contribution in [1.82, 2.24) is 10.3 Å². The summed E-state index contributed by atoms with van der Waals surface area (Å²) in [6.45, 7) is 3.38. The standard InChI is InChI=1S/C14H21N3O4/c1-3-21-14(19)11-5-4-7-16-13(11)17-8-6-12(18)15-9-10-20-2/h4-5,7H,3,6,8-10H2,1-2H3,(H,15,18)(H,16,17). The minimum atomic E-state index is -0.433. The number of amides is 1. The smallest absolute Gasteiger partial charge is 0.341 e. The maximum atomic E-state index is 11.7. The third kappa shape index (κ3) is 6.22. The molecule has 21 heavy (non-hydrogen) atoms. The average Bonchev–Trinajstić information content (AvgIpc) is 2.48. The van der Waals surface area contributed by atoms with Crippen LogP contribution < -0.4 is 10.6 Å². The number of nitrogens with one attached hydrogen (secondary N) is 2. The number of esters is 1. The van der Waals surface area contributed by atoms with Gasteiger partial charge in [-0.1, -0.05) is 0 Å². The van der Waals surface area contributed by atoms with Crippen LogP contribution in [0.4, 0.5) is 5.82 Å². The van der Waals surface area contributed by atoms with Gasteiger partial charge in [0.2, 0.25) is 5.91 Å². The molecule has 2 N–H and O–H groups in total. The Labute approximate surface area is 124 Å². The summed E-state index contributed by atoms with van der Waals surface area (Å²) in [6.07, 6.45) is 1.85. The lowest BCUT2D eigenvalue weighted by Crippen LogP contribution is -2.28. The van der Waals surface area contributed by atoms with Crippen LogP contribution in [-0.2, 0) is 14.3 Å². The molecule has 1 amide bonds. The highest BCUT2D eigenvalue weighted by atomic mass is 16.5. The molecule has 1 heterocycles. The van der Waals surface area contributed by atoms with E-state index in [1.54, 1.807) is 32.4 Å². The van der Waals surface area contributed by atoms with Crippen LogP contribution in [0.3, 0.4) is 0 Å². The zero-order valence-electron chi connectivity index (χ0n) is 12.3. The molecule has 0 unspecified atom stereocenters. The number of aromatic nitrogens is 1. The first-order valence-electron chi connectivity index (χ1n) is 6.80. The molecule has 0 radical (unpaired) electrons. The topological polar surface area (TPSA) is 89.5 Å². The molecule has 116 valence electrons. The number of ether oxygens (including phenoxy) is 2. The number of carbonyl (C=O) groups is 2. The van der Waals surface area contributed by atoms with Crippen molar-refractivity contribution in [1.29, 1.82) is 0 Å². The predicted octanol–water partition coefficient (Wildman–Crippen LogP) is 0.823. The molecule has 0 saturated carbocycles. The minimum absolute atomic E-state index is 0.0897. The van der Waals surface area contributed by atoms with Crippen LogP contribution in [0.15, 0.2) is 18.3 Å². The van der Waals surface area contributed by atoms with E-state index in [-0.39, 0.29) is 12.3 Å². The van der Waals surface area contributed by atoms with E-state index in [1.807, 2.05) is 0 Å². The highest BCUT2D eigenvalue weighted by molar-refractivity contribution is 5.94. The highest BCUT2D eigenvalue weighted by Crippen LogP contribution is 2.12. The SMILES string of the molecule is CCOC(=O)c1cccnc1NCCC(=O)NCCOC. The van der Waals surface area contributed by atoms with Crippen molar-refractivity contribution < 1.29 is 19.1 Å². The van der Waals surface area contributed by atoms with E-state index >= 15 is 0 Å². The van der Waals surface area contributed by atoms with Gasteiger partial charge in [-0.05, 0) is 19.1 Å². The van der Waals surface area contributed by atoms with Gasteiger partial charge in [0.15, 0.2) is 0 Å². The molecule has 0 spiro atoms. The maximum Gasteiger partial charge on any atom is 0.341 e. The molecule has 0 saturated heterocycles. The zero-order chi connectivity index (χ0) is 15.5. The number of carbonyl (C=O) groups excluding carboxylic acids is 2. The van der Waals surface area contributed by atoms with Crippen LogP contribution in [0, 0.1) is 0 Å². The Morgan fingerprint density at radius 2 is 2.14 bits per heavy atom. The number of hydrogen-bond donors (Lipinski definition) is 2. The third-order valence-corrected chi connectivity index (χ3v) is 2.58. The van der Waals surface area contributed by atoms with Gasteiger partial charge in [0.25, 0.3) is 0 Å². The van der Waals surface area contributed by atoms with Crippen LogP contribution in [0.5, 0.6) is 0 Å². The molecule has 0 aliphatic heterocycles. The summed E-state index contributed by atoms with van der Waals surface area (Å²) in [4.78, 5) is 27.3. The van der Waals surface area contributed by atoms with Crippen molar-refractivity contribution in [2.45, 2.75) is 13.3 Å². The average molecular weight is 295 g/mol. The lowest BCUT2D eigenvalue weighted by Gasteiger charge is -2.10. The molecule has 7 heteroatoms. The van der Waals surface area contributed by atoms with E-state index in [0.29, 0.717) is 37.7 Å². The van der Waals surface area contributed by atoms with Crippen LogP contribution >= 0.6 is 0 Å². The molecule has 1 aromatic heterocycles. The molecular weight excluding hydrogens is 274 g/mol. The Hall–Kier alpha value is -2.15. The molecular formula is C14H21N3O4. The first-order valence-corrected chi connectivity index (χ1v) is 6.80. The first kappa shape index (κ1) is 16.9. The Balaban J connectivity index is 2.45. The van der Waals surface area contributed by atoms with Crippen molar-refractivity contribution in [2.75, 3.05) is 38.7 Å². The Morgan fingerprint density at radius 3 is 2.86 bits per heavy atom. The van der Waals surface area contributed by atoms with Crippen molar-refractivity contribution in [3.8, 4) is 0 Å².